The Bertz CT molecular complexity index is 256. The minimum Gasteiger partial charge on any atom is -0.463 e. The summed E-state index contributed by atoms with van der Waals surface area (Å²) in [5, 5.41) is 0.967. The van der Waals surface area contributed by atoms with Crippen LogP contribution >= 0.6 is 15.9 Å². The maximum atomic E-state index is 11.6. The van der Waals surface area contributed by atoms with Crippen LogP contribution < -0.4 is 0 Å². The van der Waals surface area contributed by atoms with Crippen LogP contribution in [0.4, 0.5) is 0 Å². The quantitative estimate of drug-likeness (QED) is 0.149. The van der Waals surface area contributed by atoms with E-state index < -0.39 is 0 Å². The molecule has 0 fully saturated rings. The fraction of sp³-hybridized carbons (Fsp3) is 0.950. The summed E-state index contributed by atoms with van der Waals surface area (Å²) in [5.74, 6) is -0.0264. The lowest BCUT2D eigenvalue weighted by Crippen LogP contribution is -2.14. The average Bonchev–Trinajstić information content (AvgIpc) is 2.52. The lowest BCUT2D eigenvalue weighted by molar-refractivity contribution is -0.148. The van der Waals surface area contributed by atoms with Gasteiger partial charge in [0, 0.05) is 11.8 Å². The molecule has 3 heteroatoms. The van der Waals surface area contributed by atoms with Gasteiger partial charge >= 0.3 is 5.97 Å². The Morgan fingerprint density at radius 1 is 0.826 bits per heavy atom. The highest BCUT2D eigenvalue weighted by Crippen LogP contribution is 2.13. The van der Waals surface area contributed by atoms with Crippen molar-refractivity contribution in [1.29, 1.82) is 0 Å². The maximum Gasteiger partial charge on any atom is 0.306 e. The van der Waals surface area contributed by atoms with Crippen LogP contribution in [-0.4, -0.2) is 17.4 Å². The van der Waals surface area contributed by atoms with E-state index in [-0.39, 0.29) is 12.1 Å². The number of hydrogen-bond acceptors (Lipinski definition) is 2. The van der Waals surface area contributed by atoms with Crippen molar-refractivity contribution < 1.29 is 9.53 Å². The Labute approximate surface area is 153 Å². The van der Waals surface area contributed by atoms with Crippen LogP contribution in [0.5, 0.6) is 0 Å². The van der Waals surface area contributed by atoms with Crippen molar-refractivity contribution in [2.24, 2.45) is 0 Å². The van der Waals surface area contributed by atoms with Gasteiger partial charge in [-0.05, 0) is 32.6 Å². The monoisotopic (exact) mass is 390 g/mol. The minimum atomic E-state index is -0.0264. The lowest BCUT2D eigenvalue weighted by atomic mass is 10.0. The number of esters is 1. The minimum absolute atomic E-state index is 0.0264. The summed E-state index contributed by atoms with van der Waals surface area (Å²) in [4.78, 5) is 11.6. The molecule has 0 amide bonds. The standard InChI is InChI=1S/C20H39BrO2/c1-3-4-5-6-7-8-9-10-11-12-13-16-19(2)23-20(22)17-14-15-18-21/h19H,3-18H2,1-2H3. The summed E-state index contributed by atoms with van der Waals surface area (Å²) in [7, 11) is 0. The number of rotatable bonds is 17. The van der Waals surface area contributed by atoms with Crippen molar-refractivity contribution in [3.63, 3.8) is 0 Å². The van der Waals surface area contributed by atoms with Gasteiger partial charge in [-0.2, -0.15) is 0 Å². The molecule has 138 valence electrons. The highest BCUT2D eigenvalue weighted by atomic mass is 79.9. The van der Waals surface area contributed by atoms with Gasteiger partial charge < -0.3 is 4.74 Å². The summed E-state index contributed by atoms with van der Waals surface area (Å²) in [6.07, 6.45) is 18.6. The van der Waals surface area contributed by atoms with Gasteiger partial charge in [0.1, 0.15) is 0 Å². The zero-order valence-electron chi connectivity index (χ0n) is 15.6. The van der Waals surface area contributed by atoms with E-state index in [4.69, 9.17) is 4.74 Å². The molecule has 1 atom stereocenters. The largest absolute Gasteiger partial charge is 0.463 e. The highest BCUT2D eigenvalue weighted by Gasteiger charge is 2.08. The second kappa shape index (κ2) is 18.3. The molecule has 0 rings (SSSR count). The van der Waals surface area contributed by atoms with Crippen LogP contribution in [0.2, 0.25) is 0 Å². The fourth-order valence-corrected chi connectivity index (χ4v) is 3.20. The Balaban J connectivity index is 3.25. The molecule has 1 unspecified atom stereocenters. The number of unbranched alkanes of at least 4 members (excludes halogenated alkanes) is 11. The molecule has 0 saturated carbocycles. The number of halogens is 1. The summed E-state index contributed by atoms with van der Waals surface area (Å²) in [6.45, 7) is 4.30. The third-order valence-electron chi connectivity index (χ3n) is 4.31. The Kier molecular flexibility index (Phi) is 18.3. The van der Waals surface area contributed by atoms with Crippen molar-refractivity contribution in [3.8, 4) is 0 Å². The summed E-state index contributed by atoms with van der Waals surface area (Å²) in [6, 6.07) is 0. The predicted molar refractivity (Wildman–Crippen MR) is 104 cm³/mol. The molecule has 0 radical (unpaired) electrons. The van der Waals surface area contributed by atoms with Crippen molar-refractivity contribution >= 4 is 21.9 Å². The van der Waals surface area contributed by atoms with Crippen LogP contribution in [0.25, 0.3) is 0 Å². The van der Waals surface area contributed by atoms with E-state index in [2.05, 4.69) is 22.9 Å². The summed E-state index contributed by atoms with van der Waals surface area (Å²) < 4.78 is 5.43. The van der Waals surface area contributed by atoms with Gasteiger partial charge in [-0.15, -0.1) is 0 Å². The molecule has 0 aromatic rings. The molecule has 0 aromatic carbocycles. The molecule has 2 nitrogen and oxygen atoms in total. The van der Waals surface area contributed by atoms with Crippen LogP contribution in [0.3, 0.4) is 0 Å². The molecule has 0 aromatic heterocycles. The SMILES string of the molecule is CCCCCCCCCCCCCC(C)OC(=O)CCCCBr. The maximum absolute atomic E-state index is 11.6. The first-order valence-corrected chi connectivity index (χ1v) is 11.1. The van der Waals surface area contributed by atoms with Gasteiger partial charge in [-0.3, -0.25) is 4.79 Å². The molecule has 0 bridgehead atoms. The summed E-state index contributed by atoms with van der Waals surface area (Å²) in [5.41, 5.74) is 0. The predicted octanol–water partition coefficient (Wildman–Crippen LogP) is 7.18. The molecule has 0 N–H and O–H groups in total. The van der Waals surface area contributed by atoms with Gasteiger partial charge in [0.2, 0.25) is 0 Å². The van der Waals surface area contributed by atoms with Crippen molar-refractivity contribution in [2.45, 2.75) is 116 Å². The smallest absolute Gasteiger partial charge is 0.306 e. The third-order valence-corrected chi connectivity index (χ3v) is 4.87. The zero-order valence-corrected chi connectivity index (χ0v) is 17.2. The number of carbonyl (C=O) groups excluding carboxylic acids is 1. The Hall–Kier alpha value is -0.0500. The van der Waals surface area contributed by atoms with Gasteiger partial charge in [0.05, 0.1) is 6.10 Å². The third kappa shape index (κ3) is 18.1. The van der Waals surface area contributed by atoms with E-state index >= 15 is 0 Å². The van der Waals surface area contributed by atoms with E-state index in [0.717, 1.165) is 24.6 Å². The van der Waals surface area contributed by atoms with E-state index in [1.165, 1.54) is 70.6 Å². The normalized spacial score (nSPS) is 12.3. The zero-order chi connectivity index (χ0) is 17.2. The Morgan fingerprint density at radius 2 is 1.35 bits per heavy atom. The Morgan fingerprint density at radius 3 is 1.87 bits per heavy atom. The van der Waals surface area contributed by atoms with Crippen molar-refractivity contribution in [3.05, 3.63) is 0 Å². The second-order valence-electron chi connectivity index (χ2n) is 6.77. The molecule has 0 aliphatic carbocycles. The van der Waals surface area contributed by atoms with Crippen LogP contribution in [0, 0.1) is 0 Å². The fourth-order valence-electron chi connectivity index (χ4n) is 2.80. The van der Waals surface area contributed by atoms with Crippen LogP contribution in [0.15, 0.2) is 0 Å². The number of ether oxygens (including phenoxy) is 1. The summed E-state index contributed by atoms with van der Waals surface area (Å²) >= 11 is 3.38. The van der Waals surface area contributed by atoms with Crippen molar-refractivity contribution in [2.75, 3.05) is 5.33 Å². The number of hydrogen-bond donors (Lipinski definition) is 0. The molecule has 0 saturated heterocycles. The lowest BCUT2D eigenvalue weighted by Gasteiger charge is -2.13. The first-order chi connectivity index (χ1) is 11.2. The molecular weight excluding hydrogens is 352 g/mol. The van der Waals surface area contributed by atoms with Gasteiger partial charge in [-0.25, -0.2) is 0 Å². The average molecular weight is 391 g/mol. The first kappa shape index (κ1) is 22.9. The molecule has 0 aliphatic heterocycles. The van der Waals surface area contributed by atoms with E-state index in [1.807, 2.05) is 6.92 Å². The van der Waals surface area contributed by atoms with Crippen LogP contribution in [0.1, 0.15) is 110 Å². The van der Waals surface area contributed by atoms with Gasteiger partial charge in [0.15, 0.2) is 0 Å². The van der Waals surface area contributed by atoms with Crippen molar-refractivity contribution in [1.82, 2.24) is 0 Å². The van der Waals surface area contributed by atoms with Gasteiger partial charge in [0.25, 0.3) is 0 Å². The highest BCUT2D eigenvalue weighted by molar-refractivity contribution is 9.09. The molecule has 0 heterocycles. The first-order valence-electron chi connectivity index (χ1n) is 9.96. The topological polar surface area (TPSA) is 26.3 Å². The van der Waals surface area contributed by atoms with Crippen LogP contribution in [-0.2, 0) is 9.53 Å². The second-order valence-corrected chi connectivity index (χ2v) is 7.56. The number of carbonyl (C=O) groups is 1. The van der Waals surface area contributed by atoms with Gasteiger partial charge in [-0.1, -0.05) is 87.1 Å². The molecule has 23 heavy (non-hydrogen) atoms. The van der Waals surface area contributed by atoms with E-state index in [0.29, 0.717) is 6.42 Å². The number of alkyl halides is 1. The van der Waals surface area contributed by atoms with E-state index in [9.17, 15) is 4.79 Å². The molecule has 0 aliphatic rings. The molecule has 0 spiro atoms. The van der Waals surface area contributed by atoms with E-state index in [1.54, 1.807) is 0 Å². The molecular formula is C20H39BrO2.